The molecule has 3 aromatic carbocycles. The number of imide groups is 1. The Labute approximate surface area is 190 Å². The van der Waals surface area contributed by atoms with Crippen LogP contribution in [0.15, 0.2) is 77.7 Å². The predicted octanol–water partition coefficient (Wildman–Crippen LogP) is 6.46. The van der Waals surface area contributed by atoms with E-state index in [1.54, 1.807) is 6.08 Å². The van der Waals surface area contributed by atoms with Crippen LogP contribution in [0.5, 0.6) is 5.75 Å². The molecule has 0 spiro atoms. The molecule has 4 nitrogen and oxygen atoms in total. The lowest BCUT2D eigenvalue weighted by molar-refractivity contribution is -0.123. The van der Waals surface area contributed by atoms with Crippen LogP contribution < -0.4 is 4.74 Å². The van der Waals surface area contributed by atoms with Crippen molar-refractivity contribution in [2.45, 2.75) is 20.1 Å². The van der Waals surface area contributed by atoms with Crippen molar-refractivity contribution in [1.82, 2.24) is 4.90 Å². The fourth-order valence-electron chi connectivity index (χ4n) is 3.20. The molecule has 1 aliphatic heterocycles. The summed E-state index contributed by atoms with van der Waals surface area (Å²) >= 11 is 6.96. The Morgan fingerprint density at radius 1 is 1.00 bits per heavy atom. The second-order valence-corrected chi connectivity index (χ2v) is 8.61. The van der Waals surface area contributed by atoms with Crippen LogP contribution in [0.1, 0.15) is 22.3 Å². The first-order valence-corrected chi connectivity index (χ1v) is 11.0. The summed E-state index contributed by atoms with van der Waals surface area (Å²) in [4.78, 5) is 26.9. The molecular formula is C25H20ClNO3S. The molecule has 2 amide bonds. The van der Waals surface area contributed by atoms with Crippen LogP contribution in [0.2, 0.25) is 5.02 Å². The molecule has 1 saturated heterocycles. The van der Waals surface area contributed by atoms with Gasteiger partial charge >= 0.3 is 0 Å². The number of ether oxygens (including phenoxy) is 1. The number of rotatable bonds is 6. The smallest absolute Gasteiger partial charge is 0.293 e. The van der Waals surface area contributed by atoms with E-state index in [4.69, 9.17) is 16.3 Å². The van der Waals surface area contributed by atoms with Crippen molar-refractivity contribution in [2.75, 3.05) is 0 Å². The van der Waals surface area contributed by atoms with Gasteiger partial charge in [-0.1, -0.05) is 60.1 Å². The number of carbonyl (C=O) groups is 2. The molecule has 0 radical (unpaired) electrons. The summed E-state index contributed by atoms with van der Waals surface area (Å²) < 4.78 is 5.79. The lowest BCUT2D eigenvalue weighted by atomic mass is 10.1. The van der Waals surface area contributed by atoms with Crippen LogP contribution in [-0.4, -0.2) is 16.0 Å². The maximum absolute atomic E-state index is 12.8. The Bertz CT molecular complexity index is 1160. The Morgan fingerprint density at radius 2 is 1.77 bits per heavy atom. The van der Waals surface area contributed by atoms with Crippen LogP contribution in [0.3, 0.4) is 0 Å². The van der Waals surface area contributed by atoms with E-state index in [0.717, 1.165) is 34.0 Å². The summed E-state index contributed by atoms with van der Waals surface area (Å²) in [5.74, 6) is 0.448. The van der Waals surface area contributed by atoms with E-state index in [1.807, 2.05) is 79.7 Å². The first-order valence-electron chi connectivity index (χ1n) is 9.77. The van der Waals surface area contributed by atoms with Gasteiger partial charge < -0.3 is 4.74 Å². The van der Waals surface area contributed by atoms with Gasteiger partial charge in [0.05, 0.1) is 11.4 Å². The van der Waals surface area contributed by atoms with Crippen molar-refractivity contribution in [3.63, 3.8) is 0 Å². The molecule has 0 aliphatic carbocycles. The van der Waals surface area contributed by atoms with E-state index in [2.05, 4.69) is 0 Å². The lowest BCUT2D eigenvalue weighted by Gasteiger charge is -2.14. The highest BCUT2D eigenvalue weighted by Crippen LogP contribution is 2.33. The zero-order valence-electron chi connectivity index (χ0n) is 16.9. The normalized spacial score (nSPS) is 15.0. The van der Waals surface area contributed by atoms with E-state index in [1.165, 1.54) is 4.90 Å². The van der Waals surface area contributed by atoms with Gasteiger partial charge in [-0.3, -0.25) is 14.5 Å². The van der Waals surface area contributed by atoms with Crippen molar-refractivity contribution in [3.8, 4) is 5.75 Å². The Morgan fingerprint density at radius 3 is 2.52 bits per heavy atom. The molecule has 1 aliphatic rings. The summed E-state index contributed by atoms with van der Waals surface area (Å²) in [6.45, 7) is 2.67. The van der Waals surface area contributed by atoms with Crippen molar-refractivity contribution in [1.29, 1.82) is 0 Å². The quantitative estimate of drug-likeness (QED) is 0.405. The molecule has 0 saturated carbocycles. The van der Waals surface area contributed by atoms with Gasteiger partial charge in [0.25, 0.3) is 11.1 Å². The van der Waals surface area contributed by atoms with Crippen LogP contribution in [0.25, 0.3) is 6.08 Å². The summed E-state index contributed by atoms with van der Waals surface area (Å²) in [5.41, 5.74) is 3.83. The molecule has 1 fully saturated rings. The largest absolute Gasteiger partial charge is 0.489 e. The third-order valence-corrected chi connectivity index (χ3v) is 6.08. The number of amides is 2. The Hall–Kier alpha value is -3.02. The molecule has 3 aromatic rings. The minimum absolute atomic E-state index is 0.249. The molecule has 0 atom stereocenters. The molecule has 0 N–H and O–H groups in total. The number of nitrogens with zero attached hydrogens (tertiary/aromatic N) is 1. The monoisotopic (exact) mass is 449 g/mol. The molecule has 0 bridgehead atoms. The van der Waals surface area contributed by atoms with Gasteiger partial charge in [-0.2, -0.15) is 0 Å². The molecule has 156 valence electrons. The highest BCUT2D eigenvalue weighted by molar-refractivity contribution is 8.18. The number of benzene rings is 3. The van der Waals surface area contributed by atoms with Gasteiger partial charge in [0.1, 0.15) is 12.4 Å². The molecule has 4 rings (SSSR count). The molecule has 31 heavy (non-hydrogen) atoms. The molecule has 0 aromatic heterocycles. The number of carbonyl (C=O) groups excluding carboxylic acids is 2. The van der Waals surface area contributed by atoms with Crippen LogP contribution >= 0.6 is 23.4 Å². The lowest BCUT2D eigenvalue weighted by Crippen LogP contribution is -2.27. The van der Waals surface area contributed by atoms with Crippen molar-refractivity contribution in [2.24, 2.45) is 0 Å². The maximum atomic E-state index is 12.8. The zero-order chi connectivity index (χ0) is 21.8. The molecular weight excluding hydrogens is 430 g/mol. The van der Waals surface area contributed by atoms with Gasteiger partial charge in [-0.25, -0.2) is 0 Å². The minimum Gasteiger partial charge on any atom is -0.489 e. The third kappa shape index (κ3) is 5.19. The van der Waals surface area contributed by atoms with Crippen molar-refractivity contribution >= 4 is 40.6 Å². The van der Waals surface area contributed by atoms with Gasteiger partial charge in [0.15, 0.2) is 0 Å². The van der Waals surface area contributed by atoms with Crippen LogP contribution in [0, 0.1) is 6.92 Å². The van der Waals surface area contributed by atoms with E-state index in [0.29, 0.717) is 22.3 Å². The fraction of sp³-hybridized carbons (Fsp3) is 0.120. The summed E-state index contributed by atoms with van der Waals surface area (Å²) in [6, 6.07) is 22.7. The number of thioether (sulfide) groups is 1. The SMILES string of the molecule is Cc1ccccc1CN1C(=O)S/C(=C\c2ccc(OCc3cccc(Cl)c3)cc2)C1=O. The average Bonchev–Trinajstić information content (AvgIpc) is 3.02. The summed E-state index contributed by atoms with van der Waals surface area (Å²) in [6.07, 6.45) is 1.74. The Kier molecular flexibility index (Phi) is 6.44. The van der Waals surface area contributed by atoms with Gasteiger partial charge in [-0.15, -0.1) is 0 Å². The van der Waals surface area contributed by atoms with E-state index < -0.39 is 0 Å². The first kappa shape index (κ1) is 21.2. The Balaban J connectivity index is 1.42. The molecule has 0 unspecified atom stereocenters. The highest BCUT2D eigenvalue weighted by atomic mass is 35.5. The number of aryl methyl sites for hydroxylation is 1. The predicted molar refractivity (Wildman–Crippen MR) is 125 cm³/mol. The van der Waals surface area contributed by atoms with Gasteiger partial charge in [-0.05, 0) is 71.3 Å². The standard InChI is InChI=1S/C25H20ClNO3S/c1-17-5-2-3-7-20(17)15-27-24(28)23(31-25(27)29)14-18-9-11-22(12-10-18)30-16-19-6-4-8-21(26)13-19/h2-14H,15-16H2,1H3/b23-14-. The third-order valence-electron chi connectivity index (χ3n) is 4.94. The second kappa shape index (κ2) is 9.41. The summed E-state index contributed by atoms with van der Waals surface area (Å²) in [5, 5.41) is 0.425. The van der Waals surface area contributed by atoms with E-state index in [-0.39, 0.29) is 17.7 Å². The second-order valence-electron chi connectivity index (χ2n) is 7.18. The molecule has 1 heterocycles. The summed E-state index contributed by atoms with van der Waals surface area (Å²) in [7, 11) is 0. The van der Waals surface area contributed by atoms with Gasteiger partial charge in [0, 0.05) is 5.02 Å². The van der Waals surface area contributed by atoms with Crippen LogP contribution in [0.4, 0.5) is 4.79 Å². The highest BCUT2D eigenvalue weighted by Gasteiger charge is 2.35. The van der Waals surface area contributed by atoms with Crippen molar-refractivity contribution < 1.29 is 14.3 Å². The van der Waals surface area contributed by atoms with Gasteiger partial charge in [0.2, 0.25) is 0 Å². The van der Waals surface area contributed by atoms with Crippen molar-refractivity contribution in [3.05, 3.63) is 105 Å². The average molecular weight is 450 g/mol. The molecule has 6 heteroatoms. The number of hydrogen-bond donors (Lipinski definition) is 0. The van der Waals surface area contributed by atoms with E-state index >= 15 is 0 Å². The van der Waals surface area contributed by atoms with Crippen LogP contribution in [-0.2, 0) is 17.9 Å². The van der Waals surface area contributed by atoms with E-state index in [9.17, 15) is 9.59 Å². The first-order chi connectivity index (χ1) is 15.0. The topological polar surface area (TPSA) is 46.6 Å². The fourth-order valence-corrected chi connectivity index (χ4v) is 4.25. The number of halogens is 1. The maximum Gasteiger partial charge on any atom is 0.293 e. The zero-order valence-corrected chi connectivity index (χ0v) is 18.5. The minimum atomic E-state index is -0.264. The number of hydrogen-bond acceptors (Lipinski definition) is 4.